The maximum Gasteiger partial charge on any atom is 0.411 e. The zero-order valence-corrected chi connectivity index (χ0v) is 18.7. The Labute approximate surface area is 185 Å². The summed E-state index contributed by atoms with van der Waals surface area (Å²) in [6.07, 6.45) is 3.47. The Morgan fingerprint density at radius 3 is 2.55 bits per heavy atom. The molecule has 0 bridgehead atoms. The van der Waals surface area contributed by atoms with E-state index in [1.54, 1.807) is 23.1 Å². The van der Waals surface area contributed by atoms with E-state index in [1.807, 2.05) is 63.3 Å². The minimum Gasteiger partial charge on any atom is -0.465 e. The molecular formula is C24H24N2O4S. The summed E-state index contributed by atoms with van der Waals surface area (Å²) in [5.74, 6) is -0.437. The summed E-state index contributed by atoms with van der Waals surface area (Å²) in [6, 6.07) is 15.1. The molecule has 160 valence electrons. The van der Waals surface area contributed by atoms with E-state index in [2.05, 4.69) is 0 Å². The van der Waals surface area contributed by atoms with Crippen LogP contribution in [-0.4, -0.2) is 41.3 Å². The number of benzene rings is 2. The summed E-state index contributed by atoms with van der Waals surface area (Å²) in [7, 11) is 1.35. The van der Waals surface area contributed by atoms with Crippen molar-refractivity contribution in [3.63, 3.8) is 0 Å². The number of hydrogen-bond donors (Lipinski definition) is 0. The summed E-state index contributed by atoms with van der Waals surface area (Å²) >= 11 is 1.50. The number of thioether (sulfide) groups is 1. The van der Waals surface area contributed by atoms with Crippen molar-refractivity contribution in [2.75, 3.05) is 13.7 Å². The largest absolute Gasteiger partial charge is 0.465 e. The van der Waals surface area contributed by atoms with Crippen LogP contribution in [0, 0.1) is 0 Å². The molecule has 0 saturated heterocycles. The average molecular weight is 437 g/mol. The minimum atomic E-state index is -0.942. The molecule has 4 rings (SSSR count). The SMILES string of the molecule is COC(=O)c1ccc2c(c1)C1(C=CCN1C(=O)OC(C)(C)C)C(Sc1ccccc1)=N2. The topological polar surface area (TPSA) is 68.2 Å². The molecule has 2 aliphatic heterocycles. The Balaban J connectivity index is 1.83. The van der Waals surface area contributed by atoms with Gasteiger partial charge in [0.15, 0.2) is 0 Å². The predicted molar refractivity (Wildman–Crippen MR) is 121 cm³/mol. The maximum absolute atomic E-state index is 13.2. The highest BCUT2D eigenvalue weighted by molar-refractivity contribution is 8.14. The molecule has 31 heavy (non-hydrogen) atoms. The zero-order valence-electron chi connectivity index (χ0n) is 17.9. The van der Waals surface area contributed by atoms with Crippen molar-refractivity contribution in [3.8, 4) is 0 Å². The van der Waals surface area contributed by atoms with Crippen LogP contribution in [0.5, 0.6) is 0 Å². The van der Waals surface area contributed by atoms with Crippen molar-refractivity contribution in [1.82, 2.24) is 4.90 Å². The Hall–Kier alpha value is -3.06. The number of nitrogens with zero attached hydrogens (tertiary/aromatic N) is 2. The van der Waals surface area contributed by atoms with Crippen molar-refractivity contribution < 1.29 is 19.1 Å². The van der Waals surface area contributed by atoms with Crippen LogP contribution in [0.3, 0.4) is 0 Å². The van der Waals surface area contributed by atoms with Gasteiger partial charge in [-0.05, 0) is 57.2 Å². The van der Waals surface area contributed by atoms with E-state index in [0.717, 1.165) is 15.5 Å². The summed E-state index contributed by atoms with van der Waals surface area (Å²) in [5, 5.41) is 0.732. The van der Waals surface area contributed by atoms with Gasteiger partial charge < -0.3 is 9.47 Å². The lowest BCUT2D eigenvalue weighted by molar-refractivity contribution is 0.0196. The monoisotopic (exact) mass is 436 g/mol. The highest BCUT2D eigenvalue weighted by Gasteiger charge is 2.52. The lowest BCUT2D eigenvalue weighted by atomic mass is 9.90. The fraction of sp³-hybridized carbons (Fsp3) is 0.292. The molecule has 0 fully saturated rings. The molecule has 2 heterocycles. The third-order valence-electron chi connectivity index (χ3n) is 5.02. The molecule has 2 aromatic rings. The second kappa shape index (κ2) is 7.89. The van der Waals surface area contributed by atoms with Crippen LogP contribution in [0.4, 0.5) is 10.5 Å². The van der Waals surface area contributed by atoms with Gasteiger partial charge in [-0.15, -0.1) is 0 Å². The van der Waals surface area contributed by atoms with E-state index in [0.29, 0.717) is 17.8 Å². The van der Waals surface area contributed by atoms with E-state index >= 15 is 0 Å². The number of aliphatic imine (C=N–C) groups is 1. The first-order valence-electron chi connectivity index (χ1n) is 9.98. The third kappa shape index (κ3) is 3.85. The second-order valence-electron chi connectivity index (χ2n) is 8.32. The summed E-state index contributed by atoms with van der Waals surface area (Å²) in [5.41, 5.74) is 0.299. The molecular weight excluding hydrogens is 412 g/mol. The Kier molecular flexibility index (Phi) is 5.39. The van der Waals surface area contributed by atoms with Crippen molar-refractivity contribution in [2.24, 2.45) is 4.99 Å². The fourth-order valence-electron chi connectivity index (χ4n) is 3.71. The van der Waals surface area contributed by atoms with Gasteiger partial charge >= 0.3 is 12.1 Å². The van der Waals surface area contributed by atoms with Crippen LogP contribution in [0.2, 0.25) is 0 Å². The normalized spacial score (nSPS) is 19.4. The number of fused-ring (bicyclic) bond motifs is 2. The van der Waals surface area contributed by atoms with E-state index in [9.17, 15) is 9.59 Å². The van der Waals surface area contributed by atoms with E-state index in [1.165, 1.54) is 18.9 Å². The number of methoxy groups -OCH3 is 1. The molecule has 6 nitrogen and oxygen atoms in total. The zero-order chi connectivity index (χ0) is 22.2. The van der Waals surface area contributed by atoms with Gasteiger partial charge in [0.1, 0.15) is 16.2 Å². The lowest BCUT2D eigenvalue weighted by Crippen LogP contribution is -2.50. The highest BCUT2D eigenvalue weighted by Crippen LogP contribution is 2.50. The predicted octanol–water partition coefficient (Wildman–Crippen LogP) is 5.31. The van der Waals surface area contributed by atoms with Gasteiger partial charge in [0.05, 0.1) is 18.4 Å². The number of hydrogen-bond acceptors (Lipinski definition) is 6. The van der Waals surface area contributed by atoms with E-state index in [4.69, 9.17) is 14.5 Å². The van der Waals surface area contributed by atoms with Crippen molar-refractivity contribution >= 4 is 34.6 Å². The van der Waals surface area contributed by atoms with Gasteiger partial charge in [0, 0.05) is 17.0 Å². The second-order valence-corrected chi connectivity index (χ2v) is 9.38. The standard InChI is InChI=1S/C24H24N2O4S/c1-23(2,3)30-22(28)26-14-8-13-24(26)18-15-16(20(27)29-4)11-12-19(18)25-21(24)31-17-9-6-5-7-10-17/h5-13,15H,14H2,1-4H3. The molecule has 0 N–H and O–H groups in total. The van der Waals surface area contributed by atoms with Crippen molar-refractivity contribution in [3.05, 3.63) is 71.8 Å². The molecule has 2 aliphatic rings. The molecule has 1 unspecified atom stereocenters. The number of ether oxygens (including phenoxy) is 2. The van der Waals surface area contributed by atoms with Crippen molar-refractivity contribution in [1.29, 1.82) is 0 Å². The summed E-state index contributed by atoms with van der Waals surface area (Å²) in [6.45, 7) is 5.90. The number of esters is 1. The van der Waals surface area contributed by atoms with Gasteiger partial charge in [-0.25, -0.2) is 14.6 Å². The van der Waals surface area contributed by atoms with Crippen LogP contribution in [-0.2, 0) is 15.0 Å². The Morgan fingerprint density at radius 1 is 1.13 bits per heavy atom. The van der Waals surface area contributed by atoms with Gasteiger partial charge in [-0.3, -0.25) is 4.90 Å². The number of carbonyl (C=O) groups excluding carboxylic acids is 2. The molecule has 7 heteroatoms. The first kappa shape index (κ1) is 21.2. The first-order chi connectivity index (χ1) is 14.7. The lowest BCUT2D eigenvalue weighted by Gasteiger charge is -2.37. The smallest absolute Gasteiger partial charge is 0.411 e. The number of rotatable bonds is 2. The van der Waals surface area contributed by atoms with Gasteiger partial charge in [0.25, 0.3) is 0 Å². The quantitative estimate of drug-likeness (QED) is 0.471. The molecule has 1 amide bonds. The highest BCUT2D eigenvalue weighted by atomic mass is 32.2. The fourth-order valence-corrected chi connectivity index (χ4v) is 4.82. The molecule has 0 aromatic heterocycles. The Bertz CT molecular complexity index is 1090. The third-order valence-corrected chi connectivity index (χ3v) is 6.12. The Morgan fingerprint density at radius 2 is 1.87 bits per heavy atom. The molecule has 1 atom stereocenters. The van der Waals surface area contributed by atoms with Crippen LogP contribution in [0.25, 0.3) is 0 Å². The summed E-state index contributed by atoms with van der Waals surface area (Å²) < 4.78 is 10.6. The molecule has 0 radical (unpaired) electrons. The van der Waals surface area contributed by atoms with E-state index < -0.39 is 23.2 Å². The molecule has 0 saturated carbocycles. The van der Waals surface area contributed by atoms with E-state index in [-0.39, 0.29) is 0 Å². The number of amides is 1. The van der Waals surface area contributed by atoms with Gasteiger partial charge in [-0.2, -0.15) is 0 Å². The molecule has 2 aromatic carbocycles. The van der Waals surface area contributed by atoms with Crippen LogP contribution >= 0.6 is 11.8 Å². The summed E-state index contributed by atoms with van der Waals surface area (Å²) in [4.78, 5) is 33.0. The van der Waals surface area contributed by atoms with Crippen LogP contribution < -0.4 is 0 Å². The maximum atomic E-state index is 13.2. The van der Waals surface area contributed by atoms with Crippen LogP contribution in [0.15, 0.2) is 70.6 Å². The van der Waals surface area contributed by atoms with Crippen LogP contribution in [0.1, 0.15) is 36.7 Å². The van der Waals surface area contributed by atoms with Crippen molar-refractivity contribution in [2.45, 2.75) is 36.8 Å². The van der Waals surface area contributed by atoms with Gasteiger partial charge in [-0.1, -0.05) is 36.0 Å². The molecule has 0 aliphatic carbocycles. The molecule has 1 spiro atoms. The minimum absolute atomic E-state index is 0.380. The first-order valence-corrected chi connectivity index (χ1v) is 10.8. The number of carbonyl (C=O) groups is 2. The van der Waals surface area contributed by atoms with Gasteiger partial charge in [0.2, 0.25) is 0 Å². The average Bonchev–Trinajstić information content (AvgIpc) is 3.30.